The lowest BCUT2D eigenvalue weighted by Crippen LogP contribution is -2.54. The highest BCUT2D eigenvalue weighted by molar-refractivity contribution is 6.31. The first kappa shape index (κ1) is 43.8. The Kier molecular flexibility index (Phi) is 12.9. The summed E-state index contributed by atoms with van der Waals surface area (Å²) < 4.78 is 64.1. The summed E-state index contributed by atoms with van der Waals surface area (Å²) in [6.45, 7) is 3.64. The van der Waals surface area contributed by atoms with Crippen LogP contribution in [0.3, 0.4) is 0 Å². The molecule has 0 aromatic heterocycles. The Morgan fingerprint density at radius 1 is 0.902 bits per heavy atom. The molecule has 3 aliphatic rings. The van der Waals surface area contributed by atoms with Crippen LogP contribution in [0.5, 0.6) is 11.5 Å². The fourth-order valence-electron chi connectivity index (χ4n) is 9.11. The number of nitrogens with zero attached hydrogens (tertiary/aromatic N) is 1. The van der Waals surface area contributed by atoms with Crippen molar-refractivity contribution < 1.29 is 46.8 Å². The van der Waals surface area contributed by atoms with Crippen LogP contribution < -0.4 is 9.47 Å². The summed E-state index contributed by atoms with van der Waals surface area (Å²) in [5.74, 6) is -1.53. The van der Waals surface area contributed by atoms with Crippen molar-refractivity contribution in [3.63, 3.8) is 0 Å². The Bertz CT molecular complexity index is 2420. The van der Waals surface area contributed by atoms with Gasteiger partial charge in [-0.3, -0.25) is 4.79 Å². The van der Waals surface area contributed by atoms with Crippen LogP contribution in [0, 0.1) is 11.2 Å². The quantitative estimate of drug-likeness (QED) is 0.0871. The zero-order valence-corrected chi connectivity index (χ0v) is 34.7. The minimum absolute atomic E-state index is 0.0739. The zero-order chi connectivity index (χ0) is 43.5. The Morgan fingerprint density at radius 3 is 2.38 bits per heavy atom. The lowest BCUT2D eigenvalue weighted by Gasteiger charge is -2.46. The fourth-order valence-corrected chi connectivity index (χ4v) is 9.34. The lowest BCUT2D eigenvalue weighted by molar-refractivity contribution is -0.274. The van der Waals surface area contributed by atoms with E-state index in [2.05, 4.69) is 10.8 Å². The van der Waals surface area contributed by atoms with Crippen LogP contribution in [-0.4, -0.2) is 51.6 Å². The number of ketones is 1. The molecule has 4 atom stereocenters. The molecule has 7 nitrogen and oxygen atoms in total. The molecule has 5 aromatic carbocycles. The molecule has 0 aliphatic heterocycles. The number of fused-ring (bicyclic) bond motifs is 9. The van der Waals surface area contributed by atoms with E-state index in [-0.39, 0.29) is 48.0 Å². The summed E-state index contributed by atoms with van der Waals surface area (Å²) in [4.78, 5) is 30.1. The first-order valence-electron chi connectivity index (χ1n) is 20.5. The number of Topliss-reactive ketones (excluding diaryl/α,β-unsaturated/α-hetero) is 1. The van der Waals surface area contributed by atoms with Gasteiger partial charge < -0.3 is 24.6 Å². The maximum Gasteiger partial charge on any atom is 0.573 e. The van der Waals surface area contributed by atoms with Gasteiger partial charge in [0.25, 0.3) is 0 Å². The average molecular weight is 858 g/mol. The predicted octanol–water partition coefficient (Wildman–Crippen LogP) is 11.7. The highest BCUT2D eigenvalue weighted by atomic mass is 35.5. The van der Waals surface area contributed by atoms with Gasteiger partial charge in [0.1, 0.15) is 17.3 Å². The number of carbonyl (C=O) groups excluding carboxylic acids is 2. The maximum absolute atomic E-state index is 15.1. The van der Waals surface area contributed by atoms with Crippen molar-refractivity contribution in [1.82, 2.24) is 4.90 Å². The number of ether oxygens (including phenoxy) is 2. The van der Waals surface area contributed by atoms with Crippen LogP contribution in [0.25, 0.3) is 10.8 Å². The normalized spacial score (nSPS) is 22.0. The van der Waals surface area contributed by atoms with Gasteiger partial charge in [-0.25, -0.2) is 9.18 Å². The molecule has 61 heavy (non-hydrogen) atoms. The van der Waals surface area contributed by atoms with Crippen molar-refractivity contribution in [2.45, 2.75) is 95.7 Å². The smallest absolute Gasteiger partial charge is 0.410 e. The van der Waals surface area contributed by atoms with Crippen LogP contribution in [0.15, 0.2) is 115 Å². The van der Waals surface area contributed by atoms with Crippen molar-refractivity contribution in [2.24, 2.45) is 5.41 Å². The van der Waals surface area contributed by atoms with Crippen LogP contribution in [0.2, 0.25) is 5.02 Å². The predicted molar refractivity (Wildman–Crippen MR) is 226 cm³/mol. The molecular weight excluding hydrogens is 810 g/mol. The van der Waals surface area contributed by atoms with Gasteiger partial charge in [-0.05, 0) is 128 Å². The summed E-state index contributed by atoms with van der Waals surface area (Å²) in [6.07, 6.45) is -1.43. The number of alkyl halides is 3. The van der Waals surface area contributed by atoms with Gasteiger partial charge >= 0.3 is 12.5 Å². The summed E-state index contributed by atoms with van der Waals surface area (Å²) in [7, 11) is 0. The van der Waals surface area contributed by atoms with Gasteiger partial charge in [-0.2, -0.15) is 0 Å². The van der Waals surface area contributed by atoms with Gasteiger partial charge in [0.05, 0.1) is 18.2 Å². The first-order valence-corrected chi connectivity index (χ1v) is 20.8. The SMILES string of the molecule is CC1=CCCC2(C)C(CCC2(O)CN(Cc2ccc(OC(F)(F)F)cc2)C(=O)Oc2ccc3ccccc3c2)c2ccc(cc2C(=O)Cc2c(F)cccc2Cl)CC(O)CC1. The molecule has 5 aromatic rings. The van der Waals surface area contributed by atoms with Crippen LogP contribution in [-0.2, 0) is 19.4 Å². The molecule has 8 rings (SSSR count). The number of carbonyl (C=O) groups is 2. The largest absolute Gasteiger partial charge is 0.573 e. The lowest BCUT2D eigenvalue weighted by atomic mass is 9.64. The van der Waals surface area contributed by atoms with Gasteiger partial charge in [0.2, 0.25) is 0 Å². The number of benzene rings is 5. The molecule has 320 valence electrons. The van der Waals surface area contributed by atoms with E-state index >= 15 is 4.39 Å². The monoisotopic (exact) mass is 857 g/mol. The molecule has 1 amide bonds. The van der Waals surface area contributed by atoms with E-state index < -0.39 is 47.1 Å². The number of amides is 1. The van der Waals surface area contributed by atoms with E-state index in [1.54, 1.807) is 18.2 Å². The topological polar surface area (TPSA) is 96.3 Å². The summed E-state index contributed by atoms with van der Waals surface area (Å²) in [5.41, 5.74) is 0.845. The van der Waals surface area contributed by atoms with Gasteiger partial charge in [-0.15, -0.1) is 13.2 Å². The number of aliphatic hydroxyl groups is 2. The highest BCUT2D eigenvalue weighted by Crippen LogP contribution is 2.59. The molecule has 1 fully saturated rings. The molecule has 2 bridgehead atoms. The van der Waals surface area contributed by atoms with Crippen molar-refractivity contribution in [1.29, 1.82) is 0 Å². The van der Waals surface area contributed by atoms with Gasteiger partial charge in [0, 0.05) is 34.5 Å². The van der Waals surface area contributed by atoms with E-state index in [9.17, 15) is 33.0 Å². The number of hydrogen-bond acceptors (Lipinski definition) is 6. The Morgan fingerprint density at radius 2 is 1.64 bits per heavy atom. The van der Waals surface area contributed by atoms with E-state index in [1.165, 1.54) is 47.4 Å². The second kappa shape index (κ2) is 18.0. The van der Waals surface area contributed by atoms with Crippen molar-refractivity contribution in [3.8, 4) is 11.5 Å². The number of hydrogen-bond donors (Lipinski definition) is 2. The number of aliphatic hydroxyl groups excluding tert-OH is 1. The van der Waals surface area contributed by atoms with Gasteiger partial charge in [-0.1, -0.05) is 90.8 Å². The molecule has 1 saturated carbocycles. The Labute approximate surface area is 357 Å². The number of halogens is 5. The summed E-state index contributed by atoms with van der Waals surface area (Å²) >= 11 is 6.39. The minimum atomic E-state index is -4.88. The molecule has 2 N–H and O–H groups in total. The van der Waals surface area contributed by atoms with Crippen molar-refractivity contribution >= 4 is 34.2 Å². The third-order valence-electron chi connectivity index (χ3n) is 12.5. The average Bonchev–Trinajstić information content (AvgIpc) is 3.46. The molecule has 12 heteroatoms. The summed E-state index contributed by atoms with van der Waals surface area (Å²) in [6, 6.07) is 27.8. The molecule has 3 aliphatic carbocycles. The minimum Gasteiger partial charge on any atom is -0.410 e. The van der Waals surface area contributed by atoms with E-state index in [4.69, 9.17) is 16.3 Å². The van der Waals surface area contributed by atoms with Crippen LogP contribution in [0.1, 0.15) is 90.9 Å². The molecule has 0 heterocycles. The first-order chi connectivity index (χ1) is 29.0. The second-order valence-electron chi connectivity index (χ2n) is 16.7. The van der Waals surface area contributed by atoms with Crippen molar-refractivity contribution in [3.05, 3.63) is 153 Å². The van der Waals surface area contributed by atoms with Crippen LogP contribution in [0.4, 0.5) is 22.4 Å². The zero-order valence-electron chi connectivity index (χ0n) is 34.0. The maximum atomic E-state index is 15.1. The molecule has 4 unspecified atom stereocenters. The molecule has 0 spiro atoms. The van der Waals surface area contributed by atoms with Gasteiger partial charge in [0.15, 0.2) is 5.78 Å². The van der Waals surface area contributed by atoms with Crippen molar-refractivity contribution in [2.75, 3.05) is 6.54 Å². The molecular formula is C49H48ClF4NO6. The Balaban J connectivity index is 1.27. The molecule has 0 radical (unpaired) electrons. The van der Waals surface area contributed by atoms with E-state index in [1.807, 2.05) is 56.3 Å². The third kappa shape index (κ3) is 10.1. The third-order valence-corrected chi connectivity index (χ3v) is 12.9. The van der Waals surface area contributed by atoms with E-state index in [0.29, 0.717) is 55.2 Å². The number of allylic oxidation sites excluding steroid dienone is 2. The number of rotatable bonds is 9. The highest BCUT2D eigenvalue weighted by Gasteiger charge is 2.58. The second-order valence-corrected chi connectivity index (χ2v) is 17.1. The fraction of sp³-hybridized carbons (Fsp3) is 0.347. The summed E-state index contributed by atoms with van der Waals surface area (Å²) in [5, 5.41) is 26.0. The standard InChI is InChI=1S/C49H48ClF4NO6/c1-31-7-6-23-47(2)42(39-21-15-33(25-36(56)17-12-31)26-40(39)45(57)28-41-43(50)10-5-11-44(41)51)22-24-48(47,59)30-55(29-32-13-18-37(19-14-32)61-49(52,53)54)46(58)60-38-20-16-34-8-3-4-9-35(34)27-38/h3-5,7-11,13-16,18-21,26-27,36,42,56,59H,6,12,17,22-25,28-30H2,1-2H3. The molecule has 0 saturated heterocycles. The Hall–Kier alpha value is -5.23. The van der Waals surface area contributed by atoms with E-state index in [0.717, 1.165) is 21.9 Å². The van der Waals surface area contributed by atoms with Crippen LogP contribution >= 0.6 is 11.6 Å².